The second-order valence-corrected chi connectivity index (χ2v) is 10.8. The van der Waals surface area contributed by atoms with E-state index in [2.05, 4.69) is 5.43 Å². The van der Waals surface area contributed by atoms with Gasteiger partial charge in [-0.3, -0.25) is 20.0 Å². The second kappa shape index (κ2) is 8.59. The molecule has 1 aromatic heterocycles. The Morgan fingerprint density at radius 2 is 1.45 bits per heavy atom. The van der Waals surface area contributed by atoms with Gasteiger partial charge in [-0.05, 0) is 23.8 Å². The van der Waals surface area contributed by atoms with Gasteiger partial charge in [-0.1, -0.05) is 84.1 Å². The van der Waals surface area contributed by atoms with Crippen molar-refractivity contribution in [3.05, 3.63) is 121 Å². The fourth-order valence-electron chi connectivity index (χ4n) is 5.54. The summed E-state index contributed by atoms with van der Waals surface area (Å²) in [6.07, 6.45) is 1.88. The van der Waals surface area contributed by atoms with Crippen molar-refractivity contribution in [3.8, 4) is 0 Å². The van der Waals surface area contributed by atoms with Gasteiger partial charge in [0.15, 0.2) is 0 Å². The first-order chi connectivity index (χ1) is 18.3. The third-order valence-corrected chi connectivity index (χ3v) is 8.45. The first kappa shape index (κ1) is 24.0. The van der Waals surface area contributed by atoms with Crippen LogP contribution in [-0.2, 0) is 11.3 Å². The minimum Gasteiger partial charge on any atom is -0.378 e. The summed E-state index contributed by atoms with van der Waals surface area (Å²) in [5.74, 6) is 0. The number of nitrogens with zero attached hydrogens (tertiary/aromatic N) is 5. The summed E-state index contributed by atoms with van der Waals surface area (Å²) in [7, 11) is 7.50. The molecule has 0 unspecified atom stereocenters. The van der Waals surface area contributed by atoms with Gasteiger partial charge in [0.2, 0.25) is 16.1 Å². The van der Waals surface area contributed by atoms with Crippen LogP contribution < -0.4 is 25.2 Å². The average Bonchev–Trinajstić information content (AvgIpc) is 3.33. The fraction of sp³-hybridized carbons (Fsp3) is 0.207. The molecule has 1 fully saturated rings. The molecule has 2 atom stereocenters. The van der Waals surface area contributed by atoms with Gasteiger partial charge in [0, 0.05) is 45.0 Å². The number of likely N-dealkylation sites (N-methyl/N-ethyl adjacent to an activating group) is 2. The molecule has 38 heavy (non-hydrogen) atoms. The largest absolute Gasteiger partial charge is 0.378 e. The average molecular weight is 525 g/mol. The number of thiazole rings is 1. The van der Waals surface area contributed by atoms with Crippen LogP contribution in [0.15, 0.2) is 94.7 Å². The molecule has 2 amide bonds. The van der Waals surface area contributed by atoms with Gasteiger partial charge in [0.05, 0.1) is 4.53 Å². The number of aromatic nitrogens is 1. The first-order valence-electron chi connectivity index (χ1n) is 12.3. The summed E-state index contributed by atoms with van der Waals surface area (Å²) >= 11 is 1.31. The van der Waals surface area contributed by atoms with Crippen LogP contribution in [0.25, 0.3) is 6.08 Å². The van der Waals surface area contributed by atoms with E-state index >= 15 is 0 Å². The molecule has 3 aromatic carbocycles. The van der Waals surface area contributed by atoms with Gasteiger partial charge >= 0.3 is 6.03 Å². The highest BCUT2D eigenvalue weighted by atomic mass is 32.1. The number of carbonyl (C=O) groups is 1. The second-order valence-electron chi connectivity index (χ2n) is 9.76. The van der Waals surface area contributed by atoms with E-state index < -0.39 is 11.3 Å². The van der Waals surface area contributed by atoms with Crippen LogP contribution in [0.1, 0.15) is 16.7 Å². The predicted molar refractivity (Wildman–Crippen MR) is 150 cm³/mol. The highest BCUT2D eigenvalue weighted by Gasteiger charge is 2.69. The molecule has 192 valence electrons. The molecule has 0 radical (unpaired) electrons. The summed E-state index contributed by atoms with van der Waals surface area (Å²) in [5.41, 5.74) is 4.61. The van der Waals surface area contributed by atoms with E-state index in [-0.39, 0.29) is 11.6 Å². The molecule has 4 aromatic rings. The molecule has 2 aliphatic heterocycles. The highest BCUT2D eigenvalue weighted by molar-refractivity contribution is 7.07. The van der Waals surface area contributed by atoms with Gasteiger partial charge in [0.1, 0.15) is 0 Å². The number of nitrogens with one attached hydrogen (secondary N) is 1. The lowest BCUT2D eigenvalue weighted by atomic mass is 9.80. The van der Waals surface area contributed by atoms with E-state index in [1.165, 1.54) is 16.0 Å². The lowest BCUT2D eigenvalue weighted by Crippen LogP contribution is -2.67. The molecule has 9 heteroatoms. The van der Waals surface area contributed by atoms with E-state index in [0.717, 1.165) is 22.4 Å². The Bertz CT molecular complexity index is 1700. The number of fused-ring (bicyclic) bond motifs is 2. The summed E-state index contributed by atoms with van der Waals surface area (Å²) in [6.45, 7) is 0. The Balaban J connectivity index is 1.64. The molecule has 3 heterocycles. The minimum absolute atomic E-state index is 0.204. The van der Waals surface area contributed by atoms with Crippen molar-refractivity contribution in [3.63, 3.8) is 0 Å². The van der Waals surface area contributed by atoms with Crippen molar-refractivity contribution in [2.24, 2.45) is 4.99 Å². The van der Waals surface area contributed by atoms with Gasteiger partial charge < -0.3 is 4.90 Å². The summed E-state index contributed by atoms with van der Waals surface area (Å²) < 4.78 is 2.04. The highest BCUT2D eigenvalue weighted by Crippen LogP contribution is 2.53. The van der Waals surface area contributed by atoms with Crippen LogP contribution in [0.2, 0.25) is 0 Å². The number of rotatable bonds is 4. The van der Waals surface area contributed by atoms with Crippen molar-refractivity contribution >= 4 is 29.1 Å². The van der Waals surface area contributed by atoms with Crippen molar-refractivity contribution in [1.82, 2.24) is 14.5 Å². The molecule has 2 aliphatic rings. The Kier molecular flexibility index (Phi) is 5.43. The molecular formula is C29H28N6O2S. The molecule has 0 saturated carbocycles. The number of hydrogen-bond acceptors (Lipinski definition) is 6. The smallest absolute Gasteiger partial charge is 0.324 e. The van der Waals surface area contributed by atoms with E-state index in [1.54, 1.807) is 23.9 Å². The van der Waals surface area contributed by atoms with Gasteiger partial charge in [-0.2, -0.15) is 4.68 Å². The van der Waals surface area contributed by atoms with E-state index in [0.29, 0.717) is 9.33 Å². The zero-order valence-electron chi connectivity index (χ0n) is 21.6. The first-order valence-corrected chi connectivity index (χ1v) is 13.1. The van der Waals surface area contributed by atoms with Gasteiger partial charge in [-0.25, -0.2) is 9.79 Å². The molecular weight excluding hydrogens is 496 g/mol. The lowest BCUT2D eigenvalue weighted by Gasteiger charge is -2.49. The third kappa shape index (κ3) is 3.18. The maximum atomic E-state index is 13.8. The minimum atomic E-state index is -1.18. The quantitative estimate of drug-likeness (QED) is 0.446. The molecule has 1 saturated heterocycles. The van der Waals surface area contributed by atoms with Crippen LogP contribution in [0.4, 0.5) is 10.5 Å². The normalized spacial score (nSPS) is 22.5. The van der Waals surface area contributed by atoms with Crippen LogP contribution >= 0.6 is 11.3 Å². The van der Waals surface area contributed by atoms with Crippen molar-refractivity contribution in [2.45, 2.75) is 11.3 Å². The van der Waals surface area contributed by atoms with Crippen molar-refractivity contribution < 1.29 is 4.79 Å². The van der Waals surface area contributed by atoms with Crippen molar-refractivity contribution in [1.29, 1.82) is 0 Å². The molecule has 6 rings (SSSR count). The predicted octanol–water partition coefficient (Wildman–Crippen LogP) is 2.68. The van der Waals surface area contributed by atoms with Gasteiger partial charge in [-0.15, -0.1) is 0 Å². The fourth-order valence-corrected chi connectivity index (χ4v) is 6.50. The van der Waals surface area contributed by atoms with Crippen LogP contribution in [0, 0.1) is 0 Å². The van der Waals surface area contributed by atoms with Gasteiger partial charge in [0.25, 0.3) is 5.56 Å². The summed E-state index contributed by atoms with van der Waals surface area (Å²) in [5, 5.41) is 0. The van der Waals surface area contributed by atoms with E-state index in [1.807, 2.05) is 110 Å². The topological polar surface area (TPSA) is 73.2 Å². The summed E-state index contributed by atoms with van der Waals surface area (Å²) in [4.78, 5) is 38.5. The number of amides is 2. The SMILES string of the molecule is CN(C)c1ccc(/C=c2\sc3n(c2=O)N[C@@]2(c4ccccc4)N(C)C(=O)N(C)[C@]2(c2ccccc2)N=3)cc1. The Hall–Kier alpha value is -4.37. The Labute approximate surface area is 224 Å². The Morgan fingerprint density at radius 3 is 2.05 bits per heavy atom. The number of anilines is 1. The lowest BCUT2D eigenvalue weighted by molar-refractivity contribution is 0.0648. The van der Waals surface area contributed by atoms with E-state index in [9.17, 15) is 9.59 Å². The van der Waals surface area contributed by atoms with Crippen LogP contribution in [0.5, 0.6) is 0 Å². The number of carbonyl (C=O) groups excluding carboxylic acids is 1. The Morgan fingerprint density at radius 1 is 0.842 bits per heavy atom. The molecule has 8 nitrogen and oxygen atoms in total. The monoisotopic (exact) mass is 524 g/mol. The number of hydrogen-bond donors (Lipinski definition) is 1. The third-order valence-electron chi connectivity index (χ3n) is 7.48. The molecule has 0 aliphatic carbocycles. The number of urea groups is 1. The van der Waals surface area contributed by atoms with Crippen LogP contribution in [-0.4, -0.2) is 48.7 Å². The zero-order valence-corrected chi connectivity index (χ0v) is 22.4. The maximum absolute atomic E-state index is 13.8. The standard InChI is InChI=1S/C29H28N6O2S/c1-32(2)23-17-15-20(16-18-23)19-24-25(36)35-26(38-24)30-28(21-11-7-5-8-12-21)29(31-35,22-13-9-6-10-14-22)34(4)27(37)33(28)3/h5-19,31H,1-4H3/b24-19-/t28-,29-/m0/s1. The zero-order chi connectivity index (χ0) is 26.7. The van der Waals surface area contributed by atoms with Crippen molar-refractivity contribution in [2.75, 3.05) is 38.5 Å². The summed E-state index contributed by atoms with van der Waals surface area (Å²) in [6, 6.07) is 27.3. The van der Waals surface area contributed by atoms with Crippen LogP contribution in [0.3, 0.4) is 0 Å². The number of benzene rings is 3. The molecule has 1 N–H and O–H groups in total. The molecule has 0 bridgehead atoms. The maximum Gasteiger partial charge on any atom is 0.324 e. The molecule has 0 spiro atoms. The van der Waals surface area contributed by atoms with E-state index in [4.69, 9.17) is 4.99 Å².